The summed E-state index contributed by atoms with van der Waals surface area (Å²) in [5.41, 5.74) is 2.89. The van der Waals surface area contributed by atoms with Crippen molar-refractivity contribution in [2.75, 3.05) is 11.9 Å². The van der Waals surface area contributed by atoms with Crippen LogP contribution in [0.1, 0.15) is 40.9 Å². The number of phenolic OH excluding ortho intramolecular Hbond substituents is 1. The molecule has 1 heterocycles. The summed E-state index contributed by atoms with van der Waals surface area (Å²) in [4.78, 5) is 16.6. The number of hydrogen-bond donors (Lipinski definition) is 2. The number of anilines is 1. The monoisotopic (exact) mass is 430 g/mol. The lowest BCUT2D eigenvalue weighted by molar-refractivity contribution is 0.0505. The molecule has 6 heteroatoms. The number of nitrogens with one attached hydrogen (secondary N) is 1. The molecular weight excluding hydrogens is 407 g/mol. The fourth-order valence-corrected chi connectivity index (χ4v) is 3.55. The van der Waals surface area contributed by atoms with E-state index in [1.54, 1.807) is 42.6 Å². The largest absolute Gasteiger partial charge is 0.505 e. The van der Waals surface area contributed by atoms with E-state index in [1.165, 1.54) is 12.1 Å². The molecule has 0 aliphatic rings. The maximum absolute atomic E-state index is 13.6. The number of aromatic hydroxyl groups is 1. The van der Waals surface area contributed by atoms with Gasteiger partial charge in [0.15, 0.2) is 0 Å². The Bertz CT molecular complexity index is 1240. The second-order valence-electron chi connectivity index (χ2n) is 7.42. The molecule has 0 saturated heterocycles. The number of phenols is 1. The number of fused-ring (bicyclic) bond motifs is 1. The summed E-state index contributed by atoms with van der Waals surface area (Å²) in [5.74, 6) is -0.701. The number of halogens is 1. The lowest BCUT2D eigenvalue weighted by Gasteiger charge is -2.23. The Balaban J connectivity index is 1.74. The van der Waals surface area contributed by atoms with Gasteiger partial charge in [-0.2, -0.15) is 0 Å². The van der Waals surface area contributed by atoms with Crippen molar-refractivity contribution < 1.29 is 19.0 Å². The predicted octanol–water partition coefficient (Wildman–Crippen LogP) is 5.85. The van der Waals surface area contributed by atoms with Crippen molar-refractivity contribution in [3.05, 3.63) is 102 Å². The van der Waals surface area contributed by atoms with Crippen LogP contribution in [0.25, 0.3) is 10.9 Å². The predicted molar refractivity (Wildman–Crippen MR) is 122 cm³/mol. The topological polar surface area (TPSA) is 71.5 Å². The third-order valence-corrected chi connectivity index (χ3v) is 5.14. The molecule has 3 aromatic carbocycles. The highest BCUT2D eigenvalue weighted by atomic mass is 19.1. The molecule has 32 heavy (non-hydrogen) atoms. The van der Waals surface area contributed by atoms with Crippen molar-refractivity contribution in [1.82, 2.24) is 4.98 Å². The molecule has 0 bridgehead atoms. The van der Waals surface area contributed by atoms with Gasteiger partial charge in [0.1, 0.15) is 17.1 Å². The molecule has 4 aromatic rings. The summed E-state index contributed by atoms with van der Waals surface area (Å²) < 4.78 is 18.8. The third-order valence-electron chi connectivity index (χ3n) is 5.14. The molecule has 162 valence electrons. The standard InChI is InChI=1S/C26H23FN2O3/c1-2-15-32-26(31)19-5-3-7-21(16-19)29-23(18-8-11-20(27)12-9-18)22-13-10-17-6-4-14-28-24(17)25(22)30/h3-14,16,23,29-30H,2,15H2,1H3. The first-order valence-electron chi connectivity index (χ1n) is 10.4. The van der Waals surface area contributed by atoms with E-state index in [0.29, 0.717) is 28.9 Å². The number of esters is 1. The lowest BCUT2D eigenvalue weighted by Crippen LogP contribution is -2.14. The average Bonchev–Trinajstić information content (AvgIpc) is 2.82. The first-order valence-corrected chi connectivity index (χ1v) is 10.4. The van der Waals surface area contributed by atoms with Crippen molar-refractivity contribution in [3.63, 3.8) is 0 Å². The third kappa shape index (κ3) is 4.54. The number of nitrogens with zero attached hydrogens (tertiary/aromatic N) is 1. The number of benzene rings is 3. The molecule has 1 unspecified atom stereocenters. The van der Waals surface area contributed by atoms with E-state index in [1.807, 2.05) is 31.2 Å². The van der Waals surface area contributed by atoms with Crippen molar-refractivity contribution in [2.45, 2.75) is 19.4 Å². The van der Waals surface area contributed by atoms with Crippen LogP contribution in [0.4, 0.5) is 10.1 Å². The van der Waals surface area contributed by atoms with Crippen molar-refractivity contribution in [3.8, 4) is 5.75 Å². The van der Waals surface area contributed by atoms with Crippen molar-refractivity contribution >= 4 is 22.6 Å². The summed E-state index contributed by atoms with van der Waals surface area (Å²) in [6.07, 6.45) is 2.36. The summed E-state index contributed by atoms with van der Waals surface area (Å²) in [6, 6.07) is 19.9. The van der Waals surface area contributed by atoms with Gasteiger partial charge >= 0.3 is 5.97 Å². The minimum Gasteiger partial charge on any atom is -0.505 e. The Labute approximate surface area is 185 Å². The molecule has 1 aromatic heterocycles. The first kappa shape index (κ1) is 21.3. The van der Waals surface area contributed by atoms with Gasteiger partial charge in [-0.3, -0.25) is 4.98 Å². The Kier molecular flexibility index (Phi) is 6.31. The van der Waals surface area contributed by atoms with Crippen LogP contribution in [0, 0.1) is 5.82 Å². The smallest absolute Gasteiger partial charge is 0.338 e. The highest BCUT2D eigenvalue weighted by Crippen LogP contribution is 2.36. The summed E-state index contributed by atoms with van der Waals surface area (Å²) >= 11 is 0. The van der Waals surface area contributed by atoms with Crippen molar-refractivity contribution in [1.29, 1.82) is 0 Å². The minimum atomic E-state index is -0.510. The fraction of sp³-hybridized carbons (Fsp3) is 0.154. The van der Waals surface area contributed by atoms with E-state index >= 15 is 0 Å². The van der Waals surface area contributed by atoms with Crippen molar-refractivity contribution in [2.24, 2.45) is 0 Å². The van der Waals surface area contributed by atoms with Crippen LogP contribution in [-0.2, 0) is 4.74 Å². The van der Waals surface area contributed by atoms with E-state index in [2.05, 4.69) is 10.3 Å². The zero-order valence-corrected chi connectivity index (χ0v) is 17.6. The molecule has 0 spiro atoms. The molecule has 0 aliphatic heterocycles. The molecule has 0 saturated carbocycles. The normalized spacial score (nSPS) is 11.8. The number of ether oxygens (including phenoxy) is 1. The van der Waals surface area contributed by atoms with Gasteiger partial charge in [0, 0.05) is 22.8 Å². The van der Waals surface area contributed by atoms with E-state index < -0.39 is 12.0 Å². The van der Waals surface area contributed by atoms with Gasteiger partial charge in [0.25, 0.3) is 0 Å². The first-order chi connectivity index (χ1) is 15.6. The lowest BCUT2D eigenvalue weighted by atomic mass is 9.95. The van der Waals surface area contributed by atoms with Crippen LogP contribution in [0.3, 0.4) is 0 Å². The van der Waals surface area contributed by atoms with Gasteiger partial charge < -0.3 is 15.2 Å². The molecule has 2 N–H and O–H groups in total. The van der Waals surface area contributed by atoms with Crippen LogP contribution >= 0.6 is 0 Å². The molecule has 0 radical (unpaired) electrons. The van der Waals surface area contributed by atoms with E-state index in [0.717, 1.165) is 17.4 Å². The zero-order valence-electron chi connectivity index (χ0n) is 17.6. The number of pyridine rings is 1. The van der Waals surface area contributed by atoms with E-state index in [-0.39, 0.29) is 11.6 Å². The molecule has 1 atom stereocenters. The Hall–Kier alpha value is -3.93. The fourth-order valence-electron chi connectivity index (χ4n) is 3.55. The number of rotatable bonds is 7. The summed E-state index contributed by atoms with van der Waals surface area (Å²) in [6.45, 7) is 2.29. The maximum Gasteiger partial charge on any atom is 0.338 e. The van der Waals surface area contributed by atoms with E-state index in [4.69, 9.17) is 4.74 Å². The van der Waals surface area contributed by atoms with Crippen LogP contribution in [-0.4, -0.2) is 22.7 Å². The number of carbonyl (C=O) groups is 1. The minimum absolute atomic E-state index is 0.0448. The van der Waals surface area contributed by atoms with Gasteiger partial charge in [-0.05, 0) is 48.4 Å². The maximum atomic E-state index is 13.6. The summed E-state index contributed by atoms with van der Waals surface area (Å²) in [7, 11) is 0. The van der Waals surface area contributed by atoms with Gasteiger partial charge in [0.2, 0.25) is 0 Å². The van der Waals surface area contributed by atoms with Gasteiger partial charge in [-0.15, -0.1) is 0 Å². The highest BCUT2D eigenvalue weighted by molar-refractivity contribution is 5.90. The quantitative estimate of drug-likeness (QED) is 0.360. The second-order valence-corrected chi connectivity index (χ2v) is 7.42. The van der Waals surface area contributed by atoms with Gasteiger partial charge in [-0.1, -0.05) is 43.3 Å². The molecule has 4 rings (SSSR count). The van der Waals surface area contributed by atoms with Gasteiger partial charge in [0.05, 0.1) is 18.2 Å². The molecular formula is C26H23FN2O3. The number of aromatic nitrogens is 1. The van der Waals surface area contributed by atoms with Crippen LogP contribution in [0.15, 0.2) is 79.0 Å². The zero-order chi connectivity index (χ0) is 22.5. The molecule has 0 aliphatic carbocycles. The van der Waals surface area contributed by atoms with Gasteiger partial charge in [-0.25, -0.2) is 9.18 Å². The second kappa shape index (κ2) is 9.47. The van der Waals surface area contributed by atoms with E-state index in [9.17, 15) is 14.3 Å². The molecule has 0 fully saturated rings. The SMILES string of the molecule is CCCOC(=O)c1cccc(NC(c2ccc(F)cc2)c2ccc3cccnc3c2O)c1. The molecule has 0 amide bonds. The number of hydrogen-bond acceptors (Lipinski definition) is 5. The average molecular weight is 430 g/mol. The molecule has 5 nitrogen and oxygen atoms in total. The summed E-state index contributed by atoms with van der Waals surface area (Å²) in [5, 5.41) is 15.2. The Morgan fingerprint density at radius 2 is 1.91 bits per heavy atom. The Morgan fingerprint density at radius 1 is 1.09 bits per heavy atom. The van der Waals surface area contributed by atoms with Crippen LogP contribution in [0.5, 0.6) is 5.75 Å². The Morgan fingerprint density at radius 3 is 2.69 bits per heavy atom. The van der Waals surface area contributed by atoms with Crippen LogP contribution < -0.4 is 5.32 Å². The number of carbonyl (C=O) groups excluding carboxylic acids is 1. The van der Waals surface area contributed by atoms with Crippen LogP contribution in [0.2, 0.25) is 0 Å². The highest BCUT2D eigenvalue weighted by Gasteiger charge is 2.20.